The minimum absolute atomic E-state index is 0.320. The molecule has 0 radical (unpaired) electrons. The number of H-pyrrole nitrogens is 1. The van der Waals surface area contributed by atoms with Gasteiger partial charge in [0, 0.05) is 23.5 Å². The van der Waals surface area contributed by atoms with E-state index in [1.165, 1.54) is 7.11 Å². The molecule has 1 heterocycles. The number of esters is 1. The van der Waals surface area contributed by atoms with Gasteiger partial charge in [0.2, 0.25) is 0 Å². The number of methoxy groups -OCH3 is 1. The molecule has 0 bridgehead atoms. The maximum atomic E-state index is 12.0. The fraction of sp³-hybridized carbons (Fsp3) is 0.111. The molecule has 0 saturated heterocycles. The summed E-state index contributed by atoms with van der Waals surface area (Å²) in [5.41, 5.74) is 6.06. The van der Waals surface area contributed by atoms with Crippen LogP contribution in [0.5, 0.6) is 0 Å². The van der Waals surface area contributed by atoms with E-state index in [-0.39, 0.29) is 0 Å². The van der Waals surface area contributed by atoms with E-state index in [0.717, 1.165) is 22.2 Å². The van der Waals surface area contributed by atoms with Gasteiger partial charge in [-0.25, -0.2) is 4.79 Å². The van der Waals surface area contributed by atoms with Crippen molar-refractivity contribution in [3.63, 3.8) is 0 Å². The Balaban J connectivity index is 1.86. The number of fused-ring (bicyclic) bond motifs is 1. The molecule has 0 amide bonds. The number of carbonyl (C=O) groups is 1. The molecule has 3 aromatic rings. The van der Waals surface area contributed by atoms with Gasteiger partial charge in [-0.2, -0.15) is 5.10 Å². The van der Waals surface area contributed by atoms with Crippen LogP contribution in [0.3, 0.4) is 0 Å². The third-order valence-corrected chi connectivity index (χ3v) is 3.55. The standard InChI is InChI=1S/C18H17N3O2/c1-23-18(22)17(21-20-14-7-3-2-4-8-14)11-13-12-19-16-10-6-5-9-15(13)16/h2-10,12,19-20H,11H2,1H3/b21-17-. The average Bonchev–Trinajstić information content (AvgIpc) is 3.02. The van der Waals surface area contributed by atoms with Crippen LogP contribution in [0.1, 0.15) is 5.56 Å². The van der Waals surface area contributed by atoms with Crippen molar-refractivity contribution in [2.45, 2.75) is 6.42 Å². The number of para-hydroxylation sites is 2. The van der Waals surface area contributed by atoms with Crippen molar-refractivity contribution in [2.75, 3.05) is 12.5 Å². The van der Waals surface area contributed by atoms with Crippen LogP contribution in [-0.4, -0.2) is 23.8 Å². The maximum Gasteiger partial charge on any atom is 0.354 e. The fourth-order valence-electron chi connectivity index (χ4n) is 2.38. The Labute approximate surface area is 134 Å². The minimum atomic E-state index is -0.446. The van der Waals surface area contributed by atoms with Crippen LogP contribution in [0.15, 0.2) is 65.9 Å². The van der Waals surface area contributed by atoms with Crippen molar-refractivity contribution >= 4 is 28.3 Å². The second-order valence-corrected chi connectivity index (χ2v) is 5.06. The smallest absolute Gasteiger partial charge is 0.354 e. The molecule has 0 saturated carbocycles. The van der Waals surface area contributed by atoms with E-state index in [4.69, 9.17) is 4.74 Å². The number of ether oxygens (including phenoxy) is 1. The molecule has 2 aromatic carbocycles. The predicted molar refractivity (Wildman–Crippen MR) is 91.5 cm³/mol. The van der Waals surface area contributed by atoms with Crippen LogP contribution >= 0.6 is 0 Å². The zero-order valence-electron chi connectivity index (χ0n) is 12.7. The third kappa shape index (κ3) is 3.40. The predicted octanol–water partition coefficient (Wildman–Crippen LogP) is 3.35. The second-order valence-electron chi connectivity index (χ2n) is 5.06. The monoisotopic (exact) mass is 307 g/mol. The van der Waals surface area contributed by atoms with Gasteiger partial charge in [-0.3, -0.25) is 5.43 Å². The SMILES string of the molecule is COC(=O)/C(Cc1c[nH]c2ccccc12)=N\Nc1ccccc1. The molecule has 5 heteroatoms. The number of aromatic nitrogens is 1. The summed E-state index contributed by atoms with van der Waals surface area (Å²) in [6.07, 6.45) is 2.28. The van der Waals surface area contributed by atoms with E-state index < -0.39 is 5.97 Å². The Morgan fingerprint density at radius 2 is 1.87 bits per heavy atom. The lowest BCUT2D eigenvalue weighted by Gasteiger charge is -2.06. The van der Waals surface area contributed by atoms with Crippen LogP contribution in [0.25, 0.3) is 10.9 Å². The lowest BCUT2D eigenvalue weighted by molar-refractivity contribution is -0.132. The highest BCUT2D eigenvalue weighted by molar-refractivity contribution is 6.37. The summed E-state index contributed by atoms with van der Waals surface area (Å²) in [7, 11) is 1.36. The summed E-state index contributed by atoms with van der Waals surface area (Å²) in [5.74, 6) is -0.446. The number of nitrogens with one attached hydrogen (secondary N) is 2. The van der Waals surface area contributed by atoms with Crippen LogP contribution in [0.4, 0.5) is 5.69 Å². The first-order valence-electron chi connectivity index (χ1n) is 7.29. The molecule has 0 aliphatic carbocycles. The van der Waals surface area contributed by atoms with Crippen LogP contribution in [0.2, 0.25) is 0 Å². The summed E-state index contributed by atoms with van der Waals surface area (Å²) in [4.78, 5) is 15.2. The highest BCUT2D eigenvalue weighted by Gasteiger charge is 2.15. The van der Waals surface area contributed by atoms with E-state index in [0.29, 0.717) is 12.1 Å². The molecule has 0 atom stereocenters. The summed E-state index contributed by atoms with van der Waals surface area (Å²) in [6.45, 7) is 0. The number of hydrazone groups is 1. The number of benzene rings is 2. The molecule has 2 N–H and O–H groups in total. The number of aromatic amines is 1. The Morgan fingerprint density at radius 1 is 1.13 bits per heavy atom. The first-order chi connectivity index (χ1) is 11.3. The number of nitrogens with zero attached hydrogens (tertiary/aromatic N) is 1. The lowest BCUT2D eigenvalue weighted by Crippen LogP contribution is -2.20. The van der Waals surface area contributed by atoms with E-state index in [2.05, 4.69) is 15.5 Å². The number of hydrogen-bond donors (Lipinski definition) is 2. The van der Waals surface area contributed by atoms with Gasteiger partial charge in [0.1, 0.15) is 5.71 Å². The Morgan fingerprint density at radius 3 is 2.65 bits per heavy atom. The molecule has 0 spiro atoms. The van der Waals surface area contributed by atoms with Crippen LogP contribution in [-0.2, 0) is 16.0 Å². The van der Waals surface area contributed by atoms with Gasteiger partial charge >= 0.3 is 5.97 Å². The molecule has 0 aliphatic heterocycles. The number of hydrogen-bond acceptors (Lipinski definition) is 4. The van der Waals surface area contributed by atoms with Gasteiger partial charge in [0.05, 0.1) is 12.8 Å². The Hall–Kier alpha value is -3.08. The van der Waals surface area contributed by atoms with E-state index >= 15 is 0 Å². The largest absolute Gasteiger partial charge is 0.464 e. The summed E-state index contributed by atoms with van der Waals surface area (Å²) in [5, 5.41) is 5.30. The molecular weight excluding hydrogens is 290 g/mol. The Kier molecular flexibility index (Phi) is 4.38. The van der Waals surface area contributed by atoms with Crippen molar-refractivity contribution in [1.29, 1.82) is 0 Å². The quantitative estimate of drug-likeness (QED) is 0.431. The van der Waals surface area contributed by atoms with E-state index in [9.17, 15) is 4.79 Å². The Bertz CT molecular complexity index is 838. The highest BCUT2D eigenvalue weighted by Crippen LogP contribution is 2.18. The van der Waals surface area contributed by atoms with Gasteiger partial charge < -0.3 is 9.72 Å². The normalized spacial score (nSPS) is 11.4. The summed E-state index contributed by atoms with van der Waals surface area (Å²) >= 11 is 0. The van der Waals surface area contributed by atoms with E-state index in [1.54, 1.807) is 0 Å². The van der Waals surface area contributed by atoms with Crippen molar-refractivity contribution in [1.82, 2.24) is 4.98 Å². The molecule has 1 aromatic heterocycles. The average molecular weight is 307 g/mol. The molecule has 0 unspecified atom stereocenters. The van der Waals surface area contributed by atoms with E-state index in [1.807, 2.05) is 60.8 Å². The summed E-state index contributed by atoms with van der Waals surface area (Å²) < 4.78 is 4.84. The van der Waals surface area contributed by atoms with Crippen molar-refractivity contribution in [2.24, 2.45) is 5.10 Å². The van der Waals surface area contributed by atoms with Crippen molar-refractivity contribution in [3.8, 4) is 0 Å². The zero-order valence-corrected chi connectivity index (χ0v) is 12.7. The molecule has 116 valence electrons. The molecule has 5 nitrogen and oxygen atoms in total. The first-order valence-corrected chi connectivity index (χ1v) is 7.29. The van der Waals surface area contributed by atoms with Gasteiger partial charge in [0.25, 0.3) is 0 Å². The number of carbonyl (C=O) groups excluding carboxylic acids is 1. The topological polar surface area (TPSA) is 66.5 Å². The molecule has 0 fully saturated rings. The maximum absolute atomic E-state index is 12.0. The second kappa shape index (κ2) is 6.79. The van der Waals surface area contributed by atoms with Gasteiger partial charge in [-0.1, -0.05) is 36.4 Å². The molecule has 23 heavy (non-hydrogen) atoms. The van der Waals surface area contributed by atoms with Crippen molar-refractivity contribution < 1.29 is 9.53 Å². The molecule has 0 aliphatic rings. The van der Waals surface area contributed by atoms with Crippen LogP contribution < -0.4 is 5.43 Å². The number of anilines is 1. The first kappa shape index (κ1) is 14.8. The summed E-state index contributed by atoms with van der Waals surface area (Å²) in [6, 6.07) is 17.4. The lowest BCUT2D eigenvalue weighted by atomic mass is 10.1. The number of rotatable bonds is 5. The van der Waals surface area contributed by atoms with Gasteiger partial charge in [-0.15, -0.1) is 0 Å². The van der Waals surface area contributed by atoms with Gasteiger partial charge in [-0.05, 0) is 23.8 Å². The zero-order chi connectivity index (χ0) is 16.1. The van der Waals surface area contributed by atoms with Gasteiger partial charge in [0.15, 0.2) is 0 Å². The van der Waals surface area contributed by atoms with Crippen molar-refractivity contribution in [3.05, 3.63) is 66.4 Å². The molecule has 3 rings (SSSR count). The fourth-order valence-corrected chi connectivity index (χ4v) is 2.38. The highest BCUT2D eigenvalue weighted by atomic mass is 16.5. The third-order valence-electron chi connectivity index (χ3n) is 3.55. The molecular formula is C18H17N3O2. The van der Waals surface area contributed by atoms with Crippen LogP contribution in [0, 0.1) is 0 Å². The minimum Gasteiger partial charge on any atom is -0.464 e.